The molecule has 2 amide bonds. The van der Waals surface area contributed by atoms with Crippen LogP contribution in [0.15, 0.2) is 24.3 Å². The van der Waals surface area contributed by atoms with Gasteiger partial charge in [0.1, 0.15) is 17.9 Å². The summed E-state index contributed by atoms with van der Waals surface area (Å²) in [7, 11) is 0. The van der Waals surface area contributed by atoms with E-state index in [2.05, 4.69) is 10.8 Å². The van der Waals surface area contributed by atoms with E-state index in [1.807, 2.05) is 0 Å². The van der Waals surface area contributed by atoms with Crippen molar-refractivity contribution in [2.24, 2.45) is 11.7 Å². The van der Waals surface area contributed by atoms with Crippen molar-refractivity contribution in [3.05, 3.63) is 35.4 Å². The number of aliphatic carboxylic acids is 1. The molecule has 2 unspecified atom stereocenters. The Morgan fingerprint density at radius 3 is 2.41 bits per heavy atom. The quantitative estimate of drug-likeness (QED) is 0.202. The number of nitrogen functional groups attached to an aromatic ring is 1. The van der Waals surface area contributed by atoms with Gasteiger partial charge in [-0.25, -0.2) is 4.79 Å². The van der Waals surface area contributed by atoms with Crippen LogP contribution in [0.3, 0.4) is 0 Å². The molecule has 1 aromatic carbocycles. The summed E-state index contributed by atoms with van der Waals surface area (Å²) in [4.78, 5) is 43.3. The van der Waals surface area contributed by atoms with Crippen molar-refractivity contribution in [1.82, 2.24) is 15.7 Å². The number of likely N-dealkylation sites (tertiary alicyclic amines) is 1. The van der Waals surface area contributed by atoms with Crippen molar-refractivity contribution in [2.75, 3.05) is 13.2 Å². The second-order valence-corrected chi connectivity index (χ2v) is 8.34. The molecule has 10 heteroatoms. The third-order valence-corrected chi connectivity index (χ3v) is 6.13. The van der Waals surface area contributed by atoms with Crippen LogP contribution in [0.1, 0.15) is 49.7 Å². The summed E-state index contributed by atoms with van der Waals surface area (Å²) in [5, 5.41) is 19.1. The van der Waals surface area contributed by atoms with Gasteiger partial charge in [-0.2, -0.15) is 5.48 Å². The van der Waals surface area contributed by atoms with E-state index in [4.69, 9.17) is 21.1 Å². The zero-order chi connectivity index (χ0) is 23.1. The molecule has 0 radical (unpaired) electrons. The van der Waals surface area contributed by atoms with Crippen LogP contribution in [0.25, 0.3) is 0 Å². The van der Waals surface area contributed by atoms with Gasteiger partial charge in [-0.15, -0.1) is 0 Å². The molecule has 0 spiro atoms. The van der Waals surface area contributed by atoms with Gasteiger partial charge in [-0.3, -0.25) is 19.8 Å². The van der Waals surface area contributed by atoms with Crippen LogP contribution in [0, 0.1) is 11.3 Å². The van der Waals surface area contributed by atoms with Gasteiger partial charge < -0.3 is 21.1 Å². The minimum atomic E-state index is -1.12. The zero-order valence-corrected chi connectivity index (χ0v) is 18.0. The van der Waals surface area contributed by atoms with E-state index in [0.29, 0.717) is 25.1 Å². The van der Waals surface area contributed by atoms with E-state index in [1.54, 1.807) is 29.2 Å². The molecule has 1 aromatic rings. The molecule has 0 aromatic heterocycles. The third kappa shape index (κ3) is 6.04. The Morgan fingerprint density at radius 1 is 1.16 bits per heavy atom. The van der Waals surface area contributed by atoms with Crippen LogP contribution in [0.4, 0.5) is 0 Å². The minimum absolute atomic E-state index is 0.0160. The van der Waals surface area contributed by atoms with E-state index in [1.165, 1.54) is 0 Å². The molecule has 1 aliphatic carbocycles. The van der Waals surface area contributed by atoms with Gasteiger partial charge in [0.15, 0.2) is 6.61 Å². The highest BCUT2D eigenvalue weighted by Crippen LogP contribution is 2.29. The van der Waals surface area contributed by atoms with Crippen molar-refractivity contribution >= 4 is 23.6 Å². The number of carbonyl (C=O) groups excluding carboxylic acids is 2. The molecule has 10 nitrogen and oxygen atoms in total. The molecule has 0 bridgehead atoms. The topological polar surface area (TPSA) is 158 Å². The van der Waals surface area contributed by atoms with E-state index in [-0.39, 0.29) is 23.6 Å². The number of hydroxylamine groups is 1. The lowest BCUT2D eigenvalue weighted by atomic mass is 9.83. The van der Waals surface area contributed by atoms with Gasteiger partial charge in [0.2, 0.25) is 11.8 Å². The molecule has 2 aliphatic rings. The predicted molar refractivity (Wildman–Crippen MR) is 117 cm³/mol. The highest BCUT2D eigenvalue weighted by Gasteiger charge is 2.42. The summed E-state index contributed by atoms with van der Waals surface area (Å²) < 4.78 is 0. The number of nitrogens with two attached hydrogens (primary N) is 1. The average molecular weight is 446 g/mol. The smallest absolute Gasteiger partial charge is 0.331 e. The molecule has 3 rings (SSSR count). The Hall–Kier alpha value is -2.98. The Morgan fingerprint density at radius 2 is 1.84 bits per heavy atom. The average Bonchev–Trinajstić information content (AvgIpc) is 2.75. The second-order valence-electron chi connectivity index (χ2n) is 8.34. The number of nitrogens with zero attached hydrogens (tertiary/aromatic N) is 1. The molecule has 1 heterocycles. The number of carboxylic acid groups (broad SMARTS) is 1. The van der Waals surface area contributed by atoms with Crippen molar-refractivity contribution in [1.29, 1.82) is 5.41 Å². The van der Waals surface area contributed by atoms with Crippen LogP contribution >= 0.6 is 0 Å². The van der Waals surface area contributed by atoms with Gasteiger partial charge in [0.25, 0.3) is 0 Å². The highest BCUT2D eigenvalue weighted by atomic mass is 16.7. The number of rotatable bonds is 10. The molecule has 32 heavy (non-hydrogen) atoms. The fourth-order valence-corrected chi connectivity index (χ4v) is 4.22. The van der Waals surface area contributed by atoms with Crippen molar-refractivity contribution < 1.29 is 24.3 Å². The number of amides is 2. The maximum absolute atomic E-state index is 13.2. The standard InChI is InChI=1S/C22H31N5O5/c23-20(24)16-8-6-14(7-9-16)12-25-21(30)17-10-11-27(17)22(31)19(26-32-13-18(28)29)15-4-2-1-3-5-15/h6-9,15,17,19,26H,1-5,10-13H2,(H3,23,24)(H,25,30)(H,28,29). The van der Waals surface area contributed by atoms with Crippen LogP contribution in [0.5, 0.6) is 0 Å². The van der Waals surface area contributed by atoms with E-state index >= 15 is 0 Å². The first-order valence-electron chi connectivity index (χ1n) is 11.0. The van der Waals surface area contributed by atoms with Gasteiger partial charge in [-0.05, 0) is 30.7 Å². The largest absolute Gasteiger partial charge is 0.479 e. The summed E-state index contributed by atoms with van der Waals surface area (Å²) in [6.07, 6.45) is 5.45. The van der Waals surface area contributed by atoms with Crippen LogP contribution < -0.4 is 16.5 Å². The van der Waals surface area contributed by atoms with Crippen molar-refractivity contribution in [3.63, 3.8) is 0 Å². The number of carboxylic acids is 1. The lowest BCUT2D eigenvalue weighted by Gasteiger charge is -2.43. The van der Waals surface area contributed by atoms with E-state index < -0.39 is 24.7 Å². The predicted octanol–water partition coefficient (Wildman–Crippen LogP) is 0.742. The van der Waals surface area contributed by atoms with Crippen LogP contribution in [-0.2, 0) is 25.8 Å². The lowest BCUT2D eigenvalue weighted by molar-refractivity contribution is -0.158. The van der Waals surface area contributed by atoms with Gasteiger partial charge >= 0.3 is 5.97 Å². The Balaban J connectivity index is 1.57. The highest BCUT2D eigenvalue weighted by molar-refractivity contribution is 5.95. The van der Waals surface area contributed by atoms with Crippen molar-refractivity contribution in [3.8, 4) is 0 Å². The summed E-state index contributed by atoms with van der Waals surface area (Å²) in [6, 6.07) is 5.82. The minimum Gasteiger partial charge on any atom is -0.479 e. The molecular formula is C22H31N5O5. The van der Waals surface area contributed by atoms with Crippen LogP contribution in [0.2, 0.25) is 0 Å². The second kappa shape index (κ2) is 11.1. The first kappa shape index (κ1) is 23.7. The normalized spacial score (nSPS) is 19.6. The molecule has 1 saturated carbocycles. The number of nitrogens with one attached hydrogen (secondary N) is 3. The first-order valence-corrected chi connectivity index (χ1v) is 11.0. The summed E-state index contributed by atoms with van der Waals surface area (Å²) in [5.41, 5.74) is 9.60. The van der Waals surface area contributed by atoms with Gasteiger partial charge in [0.05, 0.1) is 0 Å². The summed E-state index contributed by atoms with van der Waals surface area (Å²) >= 11 is 0. The maximum Gasteiger partial charge on any atom is 0.331 e. The van der Waals surface area contributed by atoms with E-state index in [0.717, 1.165) is 37.7 Å². The molecule has 1 saturated heterocycles. The number of hydrogen-bond donors (Lipinski definition) is 5. The molecular weight excluding hydrogens is 414 g/mol. The van der Waals surface area contributed by atoms with Crippen LogP contribution in [-0.4, -0.2) is 58.9 Å². The Bertz CT molecular complexity index is 838. The number of amidine groups is 1. The van der Waals surface area contributed by atoms with Gasteiger partial charge in [0, 0.05) is 18.7 Å². The summed E-state index contributed by atoms with van der Waals surface area (Å²) in [6.45, 7) is 0.248. The number of carbonyl (C=O) groups is 3. The SMILES string of the molecule is N=C(N)c1ccc(CNC(=O)C2CCN2C(=O)C(NOCC(=O)O)C2CCCCC2)cc1. The molecule has 1 aliphatic heterocycles. The first-order chi connectivity index (χ1) is 15.4. The Kier molecular flexibility index (Phi) is 8.18. The number of benzene rings is 1. The Labute approximate surface area is 186 Å². The fourth-order valence-electron chi connectivity index (χ4n) is 4.22. The molecule has 2 fully saturated rings. The zero-order valence-electron chi connectivity index (χ0n) is 18.0. The maximum atomic E-state index is 13.2. The van der Waals surface area contributed by atoms with E-state index in [9.17, 15) is 14.4 Å². The molecule has 6 N–H and O–H groups in total. The monoisotopic (exact) mass is 445 g/mol. The molecule has 2 atom stereocenters. The third-order valence-electron chi connectivity index (χ3n) is 6.13. The van der Waals surface area contributed by atoms with Gasteiger partial charge in [-0.1, -0.05) is 43.5 Å². The molecule has 174 valence electrons. The summed E-state index contributed by atoms with van der Waals surface area (Å²) in [5.74, 6) is -1.54. The number of hydrogen-bond acceptors (Lipinski definition) is 6. The fraction of sp³-hybridized carbons (Fsp3) is 0.545. The van der Waals surface area contributed by atoms with Crippen molar-refractivity contribution in [2.45, 2.75) is 57.2 Å². The lowest BCUT2D eigenvalue weighted by Crippen LogP contribution is -2.63.